The summed E-state index contributed by atoms with van der Waals surface area (Å²) in [5.41, 5.74) is 3.20. The maximum absolute atomic E-state index is 9.96. The molecular formula is C13H17N3O. The molecule has 2 aromatic rings. The number of nitrogens with zero attached hydrogens (tertiary/aromatic N) is 3. The van der Waals surface area contributed by atoms with Crippen molar-refractivity contribution in [1.29, 1.82) is 0 Å². The average molecular weight is 231 g/mol. The second-order valence-corrected chi connectivity index (χ2v) is 4.43. The van der Waals surface area contributed by atoms with Gasteiger partial charge in [-0.05, 0) is 18.9 Å². The molecule has 0 aliphatic carbocycles. The first-order valence-electron chi connectivity index (χ1n) is 5.72. The van der Waals surface area contributed by atoms with Crippen LogP contribution in [-0.4, -0.2) is 26.2 Å². The first kappa shape index (κ1) is 11.8. The van der Waals surface area contributed by atoms with Crippen molar-refractivity contribution in [3.8, 4) is 0 Å². The number of rotatable bonds is 4. The minimum absolute atomic E-state index is 0.408. The zero-order valence-corrected chi connectivity index (χ0v) is 10.2. The molecule has 1 unspecified atom stereocenters. The van der Waals surface area contributed by atoms with Crippen molar-refractivity contribution in [2.75, 3.05) is 0 Å². The molecule has 90 valence electrons. The highest BCUT2D eigenvalue weighted by Gasteiger charge is 2.09. The molecule has 0 saturated carbocycles. The first-order valence-corrected chi connectivity index (χ1v) is 5.72. The second kappa shape index (κ2) is 5.10. The lowest BCUT2D eigenvalue weighted by molar-refractivity contribution is 0.174. The van der Waals surface area contributed by atoms with Crippen LogP contribution in [0.5, 0.6) is 0 Å². The highest BCUT2D eigenvalue weighted by Crippen LogP contribution is 2.08. The van der Waals surface area contributed by atoms with Crippen LogP contribution >= 0.6 is 0 Å². The summed E-state index contributed by atoms with van der Waals surface area (Å²) < 4.78 is 1.65. The lowest BCUT2D eigenvalue weighted by Crippen LogP contribution is -2.14. The molecular weight excluding hydrogens is 214 g/mol. The van der Waals surface area contributed by atoms with Gasteiger partial charge in [0, 0.05) is 19.7 Å². The Labute approximate surface area is 101 Å². The van der Waals surface area contributed by atoms with Gasteiger partial charge >= 0.3 is 0 Å². The van der Waals surface area contributed by atoms with Crippen molar-refractivity contribution >= 4 is 0 Å². The molecule has 4 heteroatoms. The highest BCUT2D eigenvalue weighted by atomic mass is 16.3. The smallest absolute Gasteiger partial charge is 0.0852 e. The van der Waals surface area contributed by atoms with Gasteiger partial charge in [-0.15, -0.1) is 5.10 Å². The molecule has 0 aliphatic rings. The predicted molar refractivity (Wildman–Crippen MR) is 65.6 cm³/mol. The van der Waals surface area contributed by atoms with E-state index < -0.39 is 6.10 Å². The van der Waals surface area contributed by atoms with E-state index in [-0.39, 0.29) is 0 Å². The Balaban J connectivity index is 1.93. The van der Waals surface area contributed by atoms with Gasteiger partial charge in [-0.1, -0.05) is 35.0 Å². The summed E-state index contributed by atoms with van der Waals surface area (Å²) in [5, 5.41) is 17.8. The van der Waals surface area contributed by atoms with E-state index >= 15 is 0 Å². The lowest BCUT2D eigenvalue weighted by atomic mass is 10.0. The molecule has 0 amide bonds. The van der Waals surface area contributed by atoms with E-state index in [1.807, 2.05) is 13.2 Å². The van der Waals surface area contributed by atoms with Crippen LogP contribution in [0.1, 0.15) is 16.8 Å². The molecule has 0 bridgehead atoms. The lowest BCUT2D eigenvalue weighted by Gasteiger charge is -2.08. The zero-order chi connectivity index (χ0) is 12.3. The Morgan fingerprint density at radius 2 is 1.94 bits per heavy atom. The van der Waals surface area contributed by atoms with Crippen molar-refractivity contribution in [2.24, 2.45) is 7.05 Å². The van der Waals surface area contributed by atoms with E-state index in [1.54, 1.807) is 4.68 Å². The van der Waals surface area contributed by atoms with Crippen molar-refractivity contribution in [2.45, 2.75) is 25.9 Å². The first-order chi connectivity index (χ1) is 8.13. The van der Waals surface area contributed by atoms with Crippen molar-refractivity contribution in [3.63, 3.8) is 0 Å². The summed E-state index contributed by atoms with van der Waals surface area (Å²) in [7, 11) is 1.82. The summed E-state index contributed by atoms with van der Waals surface area (Å²) in [6.45, 7) is 2.06. The van der Waals surface area contributed by atoms with Crippen LogP contribution in [0.4, 0.5) is 0 Å². The predicted octanol–water partition coefficient (Wildman–Crippen LogP) is 1.27. The molecule has 1 aromatic heterocycles. The largest absolute Gasteiger partial charge is 0.392 e. The fourth-order valence-corrected chi connectivity index (χ4v) is 1.80. The van der Waals surface area contributed by atoms with E-state index in [9.17, 15) is 5.11 Å². The maximum Gasteiger partial charge on any atom is 0.0852 e. The number of aliphatic hydroxyl groups is 1. The Hall–Kier alpha value is -1.68. The van der Waals surface area contributed by atoms with Crippen LogP contribution in [0.2, 0.25) is 0 Å². The molecule has 0 spiro atoms. The van der Waals surface area contributed by atoms with E-state index in [0.717, 1.165) is 11.3 Å². The number of aryl methyl sites for hydroxylation is 2. The van der Waals surface area contributed by atoms with Gasteiger partial charge in [-0.25, -0.2) is 0 Å². The highest BCUT2D eigenvalue weighted by molar-refractivity contribution is 5.22. The molecule has 1 heterocycles. The molecule has 17 heavy (non-hydrogen) atoms. The summed E-state index contributed by atoms with van der Waals surface area (Å²) in [5.74, 6) is 0. The van der Waals surface area contributed by atoms with Crippen molar-refractivity contribution in [1.82, 2.24) is 15.0 Å². The van der Waals surface area contributed by atoms with Gasteiger partial charge in [0.25, 0.3) is 0 Å². The van der Waals surface area contributed by atoms with Crippen molar-refractivity contribution in [3.05, 3.63) is 47.3 Å². The van der Waals surface area contributed by atoms with E-state index in [4.69, 9.17) is 0 Å². The summed E-state index contributed by atoms with van der Waals surface area (Å²) in [6.07, 6.45) is 2.62. The molecule has 0 fully saturated rings. The fraction of sp³-hybridized carbons (Fsp3) is 0.385. The Bertz CT molecular complexity index is 476. The van der Waals surface area contributed by atoms with E-state index in [0.29, 0.717) is 12.8 Å². The quantitative estimate of drug-likeness (QED) is 0.862. The molecule has 4 nitrogen and oxygen atoms in total. The fourth-order valence-electron chi connectivity index (χ4n) is 1.80. The molecule has 1 N–H and O–H groups in total. The minimum Gasteiger partial charge on any atom is -0.392 e. The number of hydrogen-bond donors (Lipinski definition) is 1. The summed E-state index contributed by atoms with van der Waals surface area (Å²) in [4.78, 5) is 0. The Morgan fingerprint density at radius 3 is 2.53 bits per heavy atom. The summed E-state index contributed by atoms with van der Waals surface area (Å²) in [6, 6.07) is 8.22. The molecule has 1 atom stereocenters. The topological polar surface area (TPSA) is 50.9 Å². The minimum atomic E-state index is -0.408. The van der Waals surface area contributed by atoms with Gasteiger partial charge < -0.3 is 5.11 Å². The van der Waals surface area contributed by atoms with Crippen LogP contribution in [0, 0.1) is 6.92 Å². The van der Waals surface area contributed by atoms with Gasteiger partial charge in [-0.2, -0.15) is 0 Å². The molecule has 0 radical (unpaired) electrons. The van der Waals surface area contributed by atoms with Crippen LogP contribution in [0.25, 0.3) is 0 Å². The van der Waals surface area contributed by atoms with Gasteiger partial charge in [0.15, 0.2) is 0 Å². The number of benzene rings is 1. The third-order valence-electron chi connectivity index (χ3n) is 2.69. The van der Waals surface area contributed by atoms with Gasteiger partial charge in [0.1, 0.15) is 0 Å². The molecule has 1 aromatic carbocycles. The third-order valence-corrected chi connectivity index (χ3v) is 2.69. The zero-order valence-electron chi connectivity index (χ0n) is 10.2. The number of aliphatic hydroxyl groups excluding tert-OH is 1. The Kier molecular flexibility index (Phi) is 3.54. The normalized spacial score (nSPS) is 12.6. The second-order valence-electron chi connectivity index (χ2n) is 4.43. The number of aromatic nitrogens is 3. The Morgan fingerprint density at radius 1 is 1.24 bits per heavy atom. The third kappa shape index (κ3) is 3.39. The van der Waals surface area contributed by atoms with E-state index in [1.165, 1.54) is 5.56 Å². The summed E-state index contributed by atoms with van der Waals surface area (Å²) >= 11 is 0. The standard InChI is InChI=1S/C13H17N3O/c1-10-3-5-11(6-4-10)7-13(17)8-12-9-16(2)15-14-12/h3-6,9,13,17H,7-8H2,1-2H3. The molecule has 0 aliphatic heterocycles. The van der Waals surface area contributed by atoms with Gasteiger partial charge in [0.05, 0.1) is 11.8 Å². The molecule has 0 saturated heterocycles. The van der Waals surface area contributed by atoms with Crippen LogP contribution in [-0.2, 0) is 19.9 Å². The van der Waals surface area contributed by atoms with Crippen LogP contribution in [0.15, 0.2) is 30.5 Å². The van der Waals surface area contributed by atoms with Gasteiger partial charge in [-0.3, -0.25) is 4.68 Å². The SMILES string of the molecule is Cc1ccc(CC(O)Cc2cn(C)nn2)cc1. The van der Waals surface area contributed by atoms with Crippen LogP contribution in [0.3, 0.4) is 0 Å². The van der Waals surface area contributed by atoms with Crippen LogP contribution < -0.4 is 0 Å². The average Bonchev–Trinajstić information content (AvgIpc) is 2.67. The van der Waals surface area contributed by atoms with Crippen molar-refractivity contribution < 1.29 is 5.11 Å². The number of hydrogen-bond acceptors (Lipinski definition) is 3. The molecule has 2 rings (SSSR count). The van der Waals surface area contributed by atoms with E-state index in [2.05, 4.69) is 41.5 Å². The van der Waals surface area contributed by atoms with Gasteiger partial charge in [0.2, 0.25) is 0 Å². The maximum atomic E-state index is 9.96. The monoisotopic (exact) mass is 231 g/mol.